The van der Waals surface area contributed by atoms with E-state index in [0.717, 1.165) is 13.0 Å². The smallest absolute Gasteiger partial charge is 0.0897 e. The van der Waals surface area contributed by atoms with Crippen LogP contribution in [-0.4, -0.2) is 36.5 Å². The first-order valence-corrected chi connectivity index (χ1v) is 6.90. The van der Waals surface area contributed by atoms with Gasteiger partial charge >= 0.3 is 0 Å². The third-order valence-electron chi connectivity index (χ3n) is 2.22. The predicted octanol–water partition coefficient (Wildman–Crippen LogP) is 2.06. The molecule has 2 N–H and O–H groups in total. The zero-order valence-electron chi connectivity index (χ0n) is 10.9. The SMILES string of the molecule is CC(C)(C)OCC(O)CNCCc1cccs1. The van der Waals surface area contributed by atoms with Crippen LogP contribution in [0.15, 0.2) is 17.5 Å². The van der Waals surface area contributed by atoms with E-state index in [-0.39, 0.29) is 5.60 Å². The minimum Gasteiger partial charge on any atom is -0.389 e. The molecule has 98 valence electrons. The Morgan fingerprint density at radius 1 is 1.47 bits per heavy atom. The highest BCUT2D eigenvalue weighted by molar-refractivity contribution is 7.09. The van der Waals surface area contributed by atoms with Gasteiger partial charge in [-0.1, -0.05) is 6.07 Å². The lowest BCUT2D eigenvalue weighted by atomic mass is 10.2. The number of nitrogens with one attached hydrogen (secondary N) is 1. The van der Waals surface area contributed by atoms with E-state index in [2.05, 4.69) is 22.8 Å². The Balaban J connectivity index is 2.02. The van der Waals surface area contributed by atoms with Crippen molar-refractivity contribution in [1.29, 1.82) is 0 Å². The summed E-state index contributed by atoms with van der Waals surface area (Å²) in [5, 5.41) is 15.0. The average Bonchev–Trinajstić information content (AvgIpc) is 2.73. The number of hydrogen-bond acceptors (Lipinski definition) is 4. The molecule has 1 unspecified atom stereocenters. The van der Waals surface area contributed by atoms with Crippen LogP contribution in [0.2, 0.25) is 0 Å². The Labute approximate surface area is 108 Å². The first-order chi connectivity index (χ1) is 7.97. The van der Waals surface area contributed by atoms with Crippen molar-refractivity contribution in [3.63, 3.8) is 0 Å². The van der Waals surface area contributed by atoms with Gasteiger partial charge in [0.15, 0.2) is 0 Å². The normalized spacial score (nSPS) is 13.9. The summed E-state index contributed by atoms with van der Waals surface area (Å²) in [4.78, 5) is 1.37. The highest BCUT2D eigenvalue weighted by atomic mass is 32.1. The molecule has 0 aliphatic rings. The molecular formula is C13H23NO2S. The lowest BCUT2D eigenvalue weighted by Gasteiger charge is -2.22. The van der Waals surface area contributed by atoms with Gasteiger partial charge in [0, 0.05) is 18.0 Å². The van der Waals surface area contributed by atoms with Crippen molar-refractivity contribution in [2.45, 2.75) is 38.9 Å². The number of aliphatic hydroxyl groups is 1. The Morgan fingerprint density at radius 2 is 2.24 bits per heavy atom. The molecule has 0 aliphatic heterocycles. The zero-order chi connectivity index (χ0) is 12.7. The van der Waals surface area contributed by atoms with Crippen LogP contribution in [0.25, 0.3) is 0 Å². The molecule has 0 radical (unpaired) electrons. The minimum atomic E-state index is -0.433. The number of aliphatic hydroxyl groups excluding tert-OH is 1. The standard InChI is InChI=1S/C13H23NO2S/c1-13(2,3)16-10-11(15)9-14-7-6-12-5-4-8-17-12/h4-5,8,11,14-15H,6-7,9-10H2,1-3H3. The fourth-order valence-corrected chi connectivity index (χ4v) is 2.05. The molecule has 0 spiro atoms. The van der Waals surface area contributed by atoms with Crippen molar-refractivity contribution >= 4 is 11.3 Å². The number of hydrogen-bond donors (Lipinski definition) is 2. The largest absolute Gasteiger partial charge is 0.389 e. The van der Waals surface area contributed by atoms with Crippen molar-refractivity contribution in [3.05, 3.63) is 22.4 Å². The van der Waals surface area contributed by atoms with Crippen LogP contribution < -0.4 is 5.32 Å². The Bertz CT molecular complexity index is 293. The lowest BCUT2D eigenvalue weighted by molar-refractivity contribution is -0.0477. The maximum Gasteiger partial charge on any atom is 0.0897 e. The summed E-state index contributed by atoms with van der Waals surface area (Å²) in [6.07, 6.45) is 0.586. The second kappa shape index (κ2) is 7.11. The van der Waals surface area contributed by atoms with Crippen molar-refractivity contribution in [2.75, 3.05) is 19.7 Å². The van der Waals surface area contributed by atoms with Crippen molar-refractivity contribution < 1.29 is 9.84 Å². The molecule has 0 aliphatic carbocycles. The van der Waals surface area contributed by atoms with Crippen LogP contribution in [0, 0.1) is 0 Å². The maximum absolute atomic E-state index is 9.68. The van der Waals surface area contributed by atoms with Crippen LogP contribution in [0.3, 0.4) is 0 Å². The number of ether oxygens (including phenoxy) is 1. The monoisotopic (exact) mass is 257 g/mol. The lowest BCUT2D eigenvalue weighted by Crippen LogP contribution is -2.34. The van der Waals surface area contributed by atoms with Gasteiger partial charge in [-0.05, 0) is 38.6 Å². The van der Waals surface area contributed by atoms with Gasteiger partial charge in [-0.3, -0.25) is 0 Å². The highest BCUT2D eigenvalue weighted by Crippen LogP contribution is 2.08. The number of rotatable bonds is 7. The topological polar surface area (TPSA) is 41.5 Å². The molecule has 1 aromatic heterocycles. The van der Waals surface area contributed by atoms with Gasteiger partial charge < -0.3 is 15.2 Å². The van der Waals surface area contributed by atoms with Crippen LogP contribution in [0.4, 0.5) is 0 Å². The molecule has 0 fully saturated rings. The quantitative estimate of drug-likeness (QED) is 0.735. The van der Waals surface area contributed by atoms with Crippen molar-refractivity contribution in [3.8, 4) is 0 Å². The molecule has 0 saturated carbocycles. The highest BCUT2D eigenvalue weighted by Gasteiger charge is 2.13. The molecule has 1 heterocycles. The van der Waals surface area contributed by atoms with Crippen molar-refractivity contribution in [1.82, 2.24) is 5.32 Å². The van der Waals surface area contributed by atoms with E-state index in [1.54, 1.807) is 11.3 Å². The molecule has 1 atom stereocenters. The van der Waals surface area contributed by atoms with Gasteiger partial charge in [-0.15, -0.1) is 11.3 Å². The van der Waals surface area contributed by atoms with E-state index >= 15 is 0 Å². The third-order valence-corrected chi connectivity index (χ3v) is 3.15. The molecule has 3 nitrogen and oxygen atoms in total. The fourth-order valence-electron chi connectivity index (χ4n) is 1.34. The molecule has 0 bridgehead atoms. The van der Waals surface area contributed by atoms with Gasteiger partial charge in [-0.25, -0.2) is 0 Å². The first-order valence-electron chi connectivity index (χ1n) is 6.02. The molecule has 4 heteroatoms. The summed E-state index contributed by atoms with van der Waals surface area (Å²) in [5.41, 5.74) is -0.183. The molecule has 1 aromatic rings. The third kappa shape index (κ3) is 7.49. The van der Waals surface area contributed by atoms with Gasteiger partial charge in [0.1, 0.15) is 0 Å². The minimum absolute atomic E-state index is 0.183. The number of thiophene rings is 1. The van der Waals surface area contributed by atoms with E-state index in [1.807, 2.05) is 20.8 Å². The van der Waals surface area contributed by atoms with E-state index in [4.69, 9.17) is 4.74 Å². The van der Waals surface area contributed by atoms with Crippen LogP contribution in [0.5, 0.6) is 0 Å². The average molecular weight is 257 g/mol. The van der Waals surface area contributed by atoms with Crippen LogP contribution >= 0.6 is 11.3 Å². The molecule has 0 aromatic carbocycles. The predicted molar refractivity (Wildman–Crippen MR) is 72.6 cm³/mol. The summed E-state index contributed by atoms with van der Waals surface area (Å²) in [6, 6.07) is 4.19. The zero-order valence-corrected chi connectivity index (χ0v) is 11.7. The van der Waals surface area contributed by atoms with E-state index in [1.165, 1.54) is 4.88 Å². The second-order valence-electron chi connectivity index (χ2n) is 5.11. The van der Waals surface area contributed by atoms with Crippen LogP contribution in [-0.2, 0) is 11.2 Å². The summed E-state index contributed by atoms with van der Waals surface area (Å²) >= 11 is 1.77. The maximum atomic E-state index is 9.68. The van der Waals surface area contributed by atoms with E-state index < -0.39 is 6.10 Å². The van der Waals surface area contributed by atoms with E-state index in [0.29, 0.717) is 13.2 Å². The van der Waals surface area contributed by atoms with Gasteiger partial charge in [0.2, 0.25) is 0 Å². The van der Waals surface area contributed by atoms with Gasteiger partial charge in [0.05, 0.1) is 18.3 Å². The van der Waals surface area contributed by atoms with Gasteiger partial charge in [0.25, 0.3) is 0 Å². The Morgan fingerprint density at radius 3 is 2.82 bits per heavy atom. The Kier molecular flexibility index (Phi) is 6.12. The van der Waals surface area contributed by atoms with Crippen molar-refractivity contribution in [2.24, 2.45) is 0 Å². The summed E-state index contributed by atoms with van der Waals surface area (Å²) in [5.74, 6) is 0. The van der Waals surface area contributed by atoms with Gasteiger partial charge in [-0.2, -0.15) is 0 Å². The summed E-state index contributed by atoms with van der Waals surface area (Å²) in [7, 11) is 0. The Hall–Kier alpha value is -0.420. The summed E-state index contributed by atoms with van der Waals surface area (Å²) in [6.45, 7) is 7.84. The summed E-state index contributed by atoms with van der Waals surface area (Å²) < 4.78 is 5.51. The van der Waals surface area contributed by atoms with E-state index in [9.17, 15) is 5.11 Å². The fraction of sp³-hybridized carbons (Fsp3) is 0.692. The molecule has 1 rings (SSSR count). The molecular weight excluding hydrogens is 234 g/mol. The molecule has 0 amide bonds. The molecule has 0 saturated heterocycles. The molecule has 17 heavy (non-hydrogen) atoms. The second-order valence-corrected chi connectivity index (χ2v) is 6.14. The van der Waals surface area contributed by atoms with Crippen LogP contribution in [0.1, 0.15) is 25.6 Å². The first kappa shape index (κ1) is 14.6.